The van der Waals surface area contributed by atoms with Crippen molar-refractivity contribution in [1.29, 1.82) is 0 Å². The number of nitrogens with one attached hydrogen (secondary N) is 1. The fourth-order valence-electron chi connectivity index (χ4n) is 1.77. The highest BCUT2D eigenvalue weighted by Gasteiger charge is 2.17. The molecule has 0 fully saturated rings. The van der Waals surface area contributed by atoms with E-state index in [1.165, 1.54) is 13.2 Å². The fourth-order valence-corrected chi connectivity index (χ4v) is 1.77. The van der Waals surface area contributed by atoms with E-state index in [9.17, 15) is 9.18 Å². The number of hydrogen-bond donors (Lipinski definition) is 1. The molecule has 0 bridgehead atoms. The highest BCUT2D eigenvalue weighted by atomic mass is 19.1. The normalized spacial score (nSPS) is 12.0. The van der Waals surface area contributed by atoms with E-state index < -0.39 is 0 Å². The molecule has 1 aromatic carbocycles. The molecule has 20 heavy (non-hydrogen) atoms. The highest BCUT2D eigenvalue weighted by Crippen LogP contribution is 2.16. The van der Waals surface area contributed by atoms with Gasteiger partial charge in [0.1, 0.15) is 17.6 Å². The zero-order valence-corrected chi connectivity index (χ0v) is 12.2. The molecule has 5 heteroatoms. The molecule has 1 aromatic rings. The molecular weight excluding hydrogens is 261 g/mol. The average Bonchev–Trinajstić information content (AvgIpc) is 2.45. The van der Waals surface area contributed by atoms with Crippen LogP contribution in [-0.4, -0.2) is 32.3 Å². The second-order valence-electron chi connectivity index (χ2n) is 4.58. The smallest absolute Gasteiger partial charge is 0.322 e. The van der Waals surface area contributed by atoms with Crippen LogP contribution >= 0.6 is 0 Å². The predicted octanol–water partition coefficient (Wildman–Crippen LogP) is 2.44. The van der Waals surface area contributed by atoms with Gasteiger partial charge < -0.3 is 14.8 Å². The summed E-state index contributed by atoms with van der Waals surface area (Å²) in [6, 6.07) is 4.22. The van der Waals surface area contributed by atoms with Crippen molar-refractivity contribution in [1.82, 2.24) is 5.32 Å². The topological polar surface area (TPSA) is 47.6 Å². The zero-order valence-electron chi connectivity index (χ0n) is 12.2. The third-order valence-electron chi connectivity index (χ3n) is 2.93. The molecule has 0 saturated heterocycles. The number of aryl methyl sites for hydroxylation is 1. The van der Waals surface area contributed by atoms with Crippen LogP contribution in [0.3, 0.4) is 0 Å². The van der Waals surface area contributed by atoms with Crippen molar-refractivity contribution in [3.8, 4) is 5.75 Å². The molecule has 0 aliphatic heterocycles. The monoisotopic (exact) mass is 283 g/mol. The number of halogens is 1. The standard InChI is InChI=1S/C15H22FNO3/c1-4-8-17-14(15(18)19-3)7-9-20-12-5-6-13(16)11(2)10-12/h5-6,10,14,17H,4,7-9H2,1-3H3. The molecule has 1 atom stereocenters. The van der Waals surface area contributed by atoms with Crippen LogP contribution < -0.4 is 10.1 Å². The lowest BCUT2D eigenvalue weighted by Crippen LogP contribution is -2.39. The van der Waals surface area contributed by atoms with Crippen molar-refractivity contribution >= 4 is 5.97 Å². The molecular formula is C15H22FNO3. The summed E-state index contributed by atoms with van der Waals surface area (Å²) in [5, 5.41) is 3.11. The third kappa shape index (κ3) is 5.17. The molecule has 0 aromatic heterocycles. The Labute approximate surface area is 119 Å². The number of hydrogen-bond acceptors (Lipinski definition) is 4. The predicted molar refractivity (Wildman–Crippen MR) is 75.3 cm³/mol. The Hall–Kier alpha value is -1.62. The molecule has 0 aliphatic carbocycles. The zero-order chi connectivity index (χ0) is 15.0. The average molecular weight is 283 g/mol. The van der Waals surface area contributed by atoms with Crippen LogP contribution in [-0.2, 0) is 9.53 Å². The van der Waals surface area contributed by atoms with E-state index in [1.807, 2.05) is 6.92 Å². The number of ether oxygens (including phenoxy) is 2. The minimum absolute atomic E-state index is 0.255. The summed E-state index contributed by atoms with van der Waals surface area (Å²) in [7, 11) is 1.37. The van der Waals surface area contributed by atoms with E-state index in [2.05, 4.69) is 5.32 Å². The second kappa shape index (κ2) is 8.53. The Morgan fingerprint density at radius 3 is 2.80 bits per heavy atom. The van der Waals surface area contributed by atoms with E-state index in [4.69, 9.17) is 9.47 Å². The maximum absolute atomic E-state index is 13.1. The van der Waals surface area contributed by atoms with Crippen LogP contribution in [0.2, 0.25) is 0 Å². The van der Waals surface area contributed by atoms with E-state index >= 15 is 0 Å². The van der Waals surface area contributed by atoms with Gasteiger partial charge in [-0.15, -0.1) is 0 Å². The number of carbonyl (C=O) groups is 1. The van der Waals surface area contributed by atoms with Crippen LogP contribution in [0.25, 0.3) is 0 Å². The van der Waals surface area contributed by atoms with Gasteiger partial charge >= 0.3 is 5.97 Å². The van der Waals surface area contributed by atoms with E-state index in [-0.39, 0.29) is 17.8 Å². The summed E-state index contributed by atoms with van der Waals surface area (Å²) in [5.41, 5.74) is 0.538. The highest BCUT2D eigenvalue weighted by molar-refractivity contribution is 5.75. The van der Waals surface area contributed by atoms with E-state index in [0.29, 0.717) is 24.3 Å². The molecule has 1 rings (SSSR count). The van der Waals surface area contributed by atoms with Crippen LogP contribution in [0.15, 0.2) is 18.2 Å². The molecule has 0 spiro atoms. The van der Waals surface area contributed by atoms with Crippen LogP contribution in [0.1, 0.15) is 25.3 Å². The first-order valence-corrected chi connectivity index (χ1v) is 6.78. The summed E-state index contributed by atoms with van der Waals surface area (Å²) in [5.74, 6) is 0.0507. The minimum Gasteiger partial charge on any atom is -0.494 e. The molecule has 0 heterocycles. The minimum atomic E-state index is -0.374. The number of carbonyl (C=O) groups excluding carboxylic acids is 1. The Morgan fingerprint density at radius 1 is 1.45 bits per heavy atom. The van der Waals surface area contributed by atoms with Crippen molar-refractivity contribution in [3.05, 3.63) is 29.6 Å². The number of rotatable bonds is 8. The second-order valence-corrected chi connectivity index (χ2v) is 4.58. The maximum Gasteiger partial charge on any atom is 0.322 e. The van der Waals surface area contributed by atoms with Crippen molar-refractivity contribution < 1.29 is 18.7 Å². The van der Waals surface area contributed by atoms with Gasteiger partial charge in [-0.25, -0.2) is 4.39 Å². The van der Waals surface area contributed by atoms with Gasteiger partial charge in [0.2, 0.25) is 0 Å². The van der Waals surface area contributed by atoms with Gasteiger partial charge in [-0.2, -0.15) is 0 Å². The number of esters is 1. The summed E-state index contributed by atoms with van der Waals surface area (Å²) in [4.78, 5) is 11.6. The molecule has 0 saturated carbocycles. The number of benzene rings is 1. The van der Waals surface area contributed by atoms with Crippen LogP contribution in [0.4, 0.5) is 4.39 Å². The third-order valence-corrected chi connectivity index (χ3v) is 2.93. The molecule has 4 nitrogen and oxygen atoms in total. The number of methoxy groups -OCH3 is 1. The fraction of sp³-hybridized carbons (Fsp3) is 0.533. The van der Waals surface area contributed by atoms with Gasteiger partial charge in [-0.05, 0) is 43.7 Å². The van der Waals surface area contributed by atoms with Gasteiger partial charge in [-0.1, -0.05) is 6.92 Å². The summed E-state index contributed by atoms with van der Waals surface area (Å²) in [6.45, 7) is 4.82. The SMILES string of the molecule is CCCNC(CCOc1ccc(F)c(C)c1)C(=O)OC. The van der Waals surface area contributed by atoms with Crippen molar-refractivity contribution in [3.63, 3.8) is 0 Å². The molecule has 112 valence electrons. The van der Waals surface area contributed by atoms with Crippen LogP contribution in [0.5, 0.6) is 5.75 Å². The lowest BCUT2D eigenvalue weighted by Gasteiger charge is -2.16. The van der Waals surface area contributed by atoms with Crippen molar-refractivity contribution in [2.45, 2.75) is 32.7 Å². The molecule has 1 N–H and O–H groups in total. The summed E-state index contributed by atoms with van der Waals surface area (Å²) < 4.78 is 23.4. The first-order chi connectivity index (χ1) is 9.58. The summed E-state index contributed by atoms with van der Waals surface area (Å²) in [6.07, 6.45) is 1.44. The Kier molecular flexibility index (Phi) is 7.01. The molecule has 1 unspecified atom stereocenters. The van der Waals surface area contributed by atoms with Gasteiger partial charge in [0.25, 0.3) is 0 Å². The lowest BCUT2D eigenvalue weighted by atomic mass is 10.2. The first kappa shape index (κ1) is 16.4. The summed E-state index contributed by atoms with van der Waals surface area (Å²) >= 11 is 0. The molecule has 0 amide bonds. The van der Waals surface area contributed by atoms with Gasteiger partial charge in [0.05, 0.1) is 13.7 Å². The van der Waals surface area contributed by atoms with E-state index in [1.54, 1.807) is 19.1 Å². The first-order valence-electron chi connectivity index (χ1n) is 6.78. The largest absolute Gasteiger partial charge is 0.494 e. The molecule has 0 aliphatic rings. The van der Waals surface area contributed by atoms with Crippen molar-refractivity contribution in [2.24, 2.45) is 0 Å². The Balaban J connectivity index is 2.46. The van der Waals surface area contributed by atoms with Crippen LogP contribution in [0, 0.1) is 12.7 Å². The van der Waals surface area contributed by atoms with Crippen molar-refractivity contribution in [2.75, 3.05) is 20.3 Å². The maximum atomic E-state index is 13.1. The van der Waals surface area contributed by atoms with Gasteiger partial charge in [-0.3, -0.25) is 4.79 Å². The quantitative estimate of drug-likeness (QED) is 0.744. The van der Waals surface area contributed by atoms with Gasteiger partial charge in [0.15, 0.2) is 0 Å². The van der Waals surface area contributed by atoms with E-state index in [0.717, 1.165) is 13.0 Å². The lowest BCUT2D eigenvalue weighted by molar-refractivity contribution is -0.143. The van der Waals surface area contributed by atoms with Gasteiger partial charge in [0, 0.05) is 6.42 Å². The molecule has 0 radical (unpaired) electrons. The Bertz CT molecular complexity index is 437. The Morgan fingerprint density at radius 2 is 2.20 bits per heavy atom.